The summed E-state index contributed by atoms with van der Waals surface area (Å²) in [6.07, 6.45) is 7.01. The number of carboxylic acid groups (broad SMARTS) is 2. The van der Waals surface area contributed by atoms with Gasteiger partial charge in [-0.1, -0.05) is 46.0 Å². The minimum atomic E-state index is -2.36. The van der Waals surface area contributed by atoms with Crippen LogP contribution in [0.2, 0.25) is 0 Å². The summed E-state index contributed by atoms with van der Waals surface area (Å²) in [5, 5.41) is 16.8. The highest BCUT2D eigenvalue weighted by molar-refractivity contribution is 6.01. The van der Waals surface area contributed by atoms with Gasteiger partial charge in [-0.25, -0.2) is 14.0 Å². The highest BCUT2D eigenvalue weighted by atomic mass is 19.1. The molecule has 0 saturated carbocycles. The van der Waals surface area contributed by atoms with Gasteiger partial charge in [0.1, 0.15) is 6.67 Å². The normalized spacial score (nSPS) is 10.5. The van der Waals surface area contributed by atoms with Gasteiger partial charge in [0.25, 0.3) is 5.60 Å². The number of unbranched alkanes of at least 4 members (excludes halogenated alkanes) is 4. The first-order valence-electron chi connectivity index (χ1n) is 6.53. The van der Waals surface area contributed by atoms with Crippen molar-refractivity contribution in [3.8, 4) is 0 Å². The van der Waals surface area contributed by atoms with Crippen LogP contribution < -0.4 is 0 Å². The topological polar surface area (TPSA) is 83.8 Å². The fourth-order valence-corrected chi connectivity index (χ4v) is 1.13. The second-order valence-corrected chi connectivity index (χ2v) is 4.24. The number of hydrogen-bond donors (Lipinski definition) is 2. The van der Waals surface area contributed by atoms with E-state index < -0.39 is 30.8 Å². The summed E-state index contributed by atoms with van der Waals surface area (Å²) in [6, 6.07) is 0. The van der Waals surface area contributed by atoms with Crippen LogP contribution in [0.1, 0.15) is 52.9 Å². The molecule has 2 N–H and O–H groups in total. The van der Waals surface area contributed by atoms with E-state index in [-0.39, 0.29) is 0 Å². The van der Waals surface area contributed by atoms with E-state index >= 15 is 0 Å². The first kappa shape index (κ1) is 20.2. The Balaban J connectivity index is 0. The lowest BCUT2D eigenvalue weighted by molar-refractivity contribution is -0.181. The maximum absolute atomic E-state index is 11.5. The Labute approximate surface area is 113 Å². The van der Waals surface area contributed by atoms with Crippen LogP contribution in [0.4, 0.5) is 4.39 Å². The van der Waals surface area contributed by atoms with E-state index in [0.29, 0.717) is 0 Å². The minimum Gasteiger partial charge on any atom is -0.479 e. The molecule has 0 aliphatic rings. The summed E-state index contributed by atoms with van der Waals surface area (Å²) in [6.45, 7) is 3.88. The molecule has 0 fully saturated rings. The van der Waals surface area contributed by atoms with Crippen LogP contribution in [-0.4, -0.2) is 41.0 Å². The smallest absolute Gasteiger partial charge is 0.347 e. The van der Waals surface area contributed by atoms with Crippen molar-refractivity contribution in [3.05, 3.63) is 0 Å². The number of aliphatic carboxylic acids is 2. The number of ether oxygens (including phenoxy) is 1. The molecule has 0 aromatic carbocycles. The molecule has 0 radical (unpaired) electrons. The summed E-state index contributed by atoms with van der Waals surface area (Å²) in [5.74, 6) is -3.30. The van der Waals surface area contributed by atoms with Crippen molar-refractivity contribution in [2.45, 2.75) is 58.5 Å². The van der Waals surface area contributed by atoms with Gasteiger partial charge in [0.15, 0.2) is 0 Å². The maximum atomic E-state index is 11.5. The molecule has 0 unspecified atom stereocenters. The molecule has 0 heterocycles. The van der Waals surface area contributed by atoms with Crippen LogP contribution in [0.3, 0.4) is 0 Å². The van der Waals surface area contributed by atoms with Gasteiger partial charge in [-0.15, -0.1) is 0 Å². The molecule has 0 saturated heterocycles. The number of carbonyl (C=O) groups is 2. The van der Waals surface area contributed by atoms with E-state index in [4.69, 9.17) is 10.2 Å². The zero-order chi connectivity index (χ0) is 15.3. The van der Waals surface area contributed by atoms with Gasteiger partial charge in [-0.2, -0.15) is 0 Å². The number of carboxylic acids is 2. The van der Waals surface area contributed by atoms with Crippen LogP contribution in [-0.2, 0) is 14.3 Å². The van der Waals surface area contributed by atoms with Crippen molar-refractivity contribution in [3.63, 3.8) is 0 Å². The highest BCUT2D eigenvalue weighted by Crippen LogP contribution is 2.10. The Kier molecular flexibility index (Phi) is 12.6. The lowest BCUT2D eigenvalue weighted by Gasteiger charge is -2.18. The van der Waals surface area contributed by atoms with Crippen molar-refractivity contribution < 1.29 is 28.9 Å². The van der Waals surface area contributed by atoms with Crippen LogP contribution in [0.15, 0.2) is 0 Å². The third-order valence-electron chi connectivity index (χ3n) is 2.49. The molecule has 0 amide bonds. The standard InChI is InChI=1S/C7H16.C6H9FO5/c1-3-5-7-6-4-2;1-6(4(8)9,5(10)11)12-3-2-7/h3-7H2,1-2H3;2-3H2,1H3,(H,8,9)(H,10,11). The Hall–Kier alpha value is -1.17. The third-order valence-corrected chi connectivity index (χ3v) is 2.49. The Bertz CT molecular complexity index is 237. The molecule has 0 atom stereocenters. The van der Waals surface area contributed by atoms with Gasteiger partial charge >= 0.3 is 11.9 Å². The van der Waals surface area contributed by atoms with E-state index in [0.717, 1.165) is 6.92 Å². The van der Waals surface area contributed by atoms with Crippen LogP contribution >= 0.6 is 0 Å². The molecule has 0 spiro atoms. The fourth-order valence-electron chi connectivity index (χ4n) is 1.13. The Morgan fingerprint density at radius 3 is 1.74 bits per heavy atom. The number of rotatable bonds is 9. The lowest BCUT2D eigenvalue weighted by atomic mass is 10.1. The molecule has 0 bridgehead atoms. The second-order valence-electron chi connectivity index (χ2n) is 4.24. The van der Waals surface area contributed by atoms with E-state index in [2.05, 4.69) is 18.6 Å². The number of alkyl halides is 1. The van der Waals surface area contributed by atoms with Crippen molar-refractivity contribution in [1.29, 1.82) is 0 Å². The van der Waals surface area contributed by atoms with Gasteiger partial charge in [0.2, 0.25) is 0 Å². The first-order chi connectivity index (χ1) is 8.86. The molecular weight excluding hydrogens is 255 g/mol. The van der Waals surface area contributed by atoms with E-state index in [1.54, 1.807) is 0 Å². The van der Waals surface area contributed by atoms with Gasteiger partial charge in [-0.3, -0.25) is 0 Å². The lowest BCUT2D eigenvalue weighted by Crippen LogP contribution is -2.46. The summed E-state index contributed by atoms with van der Waals surface area (Å²) < 4.78 is 15.9. The van der Waals surface area contributed by atoms with E-state index in [1.807, 2.05) is 0 Å². The fraction of sp³-hybridized carbons (Fsp3) is 0.846. The molecule has 0 aliphatic carbocycles. The van der Waals surface area contributed by atoms with Gasteiger partial charge in [-0.05, 0) is 6.92 Å². The monoisotopic (exact) mass is 280 g/mol. The number of halogens is 1. The SMILES string of the molecule is CC(OCCF)(C(=O)O)C(=O)O.CCCCCCC. The first-order valence-corrected chi connectivity index (χ1v) is 6.53. The average molecular weight is 280 g/mol. The zero-order valence-electron chi connectivity index (χ0n) is 11.9. The molecule has 0 rings (SSSR count). The molecule has 0 aliphatic heterocycles. The van der Waals surface area contributed by atoms with Gasteiger partial charge in [0.05, 0.1) is 6.61 Å². The second kappa shape index (κ2) is 11.9. The van der Waals surface area contributed by atoms with Gasteiger partial charge in [0, 0.05) is 0 Å². The summed E-state index contributed by atoms with van der Waals surface area (Å²) in [5.41, 5.74) is -2.36. The zero-order valence-corrected chi connectivity index (χ0v) is 11.9. The summed E-state index contributed by atoms with van der Waals surface area (Å²) >= 11 is 0. The molecule has 5 nitrogen and oxygen atoms in total. The Morgan fingerprint density at radius 1 is 1.05 bits per heavy atom. The van der Waals surface area contributed by atoms with Crippen molar-refractivity contribution in [1.82, 2.24) is 0 Å². The van der Waals surface area contributed by atoms with Crippen LogP contribution in [0.5, 0.6) is 0 Å². The largest absolute Gasteiger partial charge is 0.479 e. The Morgan fingerprint density at radius 2 is 1.47 bits per heavy atom. The molecule has 6 heteroatoms. The maximum Gasteiger partial charge on any atom is 0.347 e. The van der Waals surface area contributed by atoms with E-state index in [9.17, 15) is 14.0 Å². The third kappa shape index (κ3) is 9.41. The molecule has 114 valence electrons. The molecule has 0 aromatic heterocycles. The van der Waals surface area contributed by atoms with Gasteiger partial charge < -0.3 is 14.9 Å². The van der Waals surface area contributed by atoms with E-state index in [1.165, 1.54) is 32.1 Å². The predicted octanol–water partition coefficient (Wildman–Crippen LogP) is 2.88. The van der Waals surface area contributed by atoms with Crippen LogP contribution in [0.25, 0.3) is 0 Å². The van der Waals surface area contributed by atoms with Crippen LogP contribution in [0, 0.1) is 0 Å². The highest BCUT2D eigenvalue weighted by Gasteiger charge is 2.42. The molecule has 0 aromatic rings. The molecular formula is C13H25FO5. The average Bonchev–Trinajstić information content (AvgIpc) is 2.36. The van der Waals surface area contributed by atoms with Crippen molar-refractivity contribution >= 4 is 11.9 Å². The minimum absolute atomic E-state index is 0.547. The predicted molar refractivity (Wildman–Crippen MR) is 70.0 cm³/mol. The van der Waals surface area contributed by atoms with Crippen molar-refractivity contribution in [2.75, 3.05) is 13.3 Å². The molecule has 19 heavy (non-hydrogen) atoms. The van der Waals surface area contributed by atoms with Crippen molar-refractivity contribution in [2.24, 2.45) is 0 Å². The summed E-state index contributed by atoms with van der Waals surface area (Å²) in [4.78, 5) is 20.7. The number of hydrogen-bond acceptors (Lipinski definition) is 3. The quantitative estimate of drug-likeness (QED) is 0.501. The summed E-state index contributed by atoms with van der Waals surface area (Å²) in [7, 11) is 0.